The summed E-state index contributed by atoms with van der Waals surface area (Å²) in [6.45, 7) is 3.56. The van der Waals surface area contributed by atoms with Crippen molar-refractivity contribution in [3.63, 3.8) is 0 Å². The van der Waals surface area contributed by atoms with Gasteiger partial charge in [-0.05, 0) is 61.3 Å². The van der Waals surface area contributed by atoms with Gasteiger partial charge in [0.1, 0.15) is 0 Å². The van der Waals surface area contributed by atoms with E-state index in [1.54, 1.807) is 6.92 Å². The first-order valence-corrected chi connectivity index (χ1v) is 10.7. The number of hydrogen-bond acceptors (Lipinski definition) is 4. The van der Waals surface area contributed by atoms with Crippen molar-refractivity contribution in [3.8, 4) is 0 Å². The van der Waals surface area contributed by atoms with Gasteiger partial charge in [-0.1, -0.05) is 31.2 Å². The standard InChI is InChI=1S/C20H24N2O4S/c1-3-19(17-10-9-15-6-4-5-7-16(15)12-17)21-27(25,26)20-13-18(22(23)24)11-8-14(20)2/h8-13,19,21H,3-7H2,1-2H3/t19-/m0/s1. The Kier molecular flexibility index (Phi) is 5.62. The Morgan fingerprint density at radius 3 is 2.48 bits per heavy atom. The highest BCUT2D eigenvalue weighted by molar-refractivity contribution is 7.89. The molecule has 3 rings (SSSR count). The van der Waals surface area contributed by atoms with E-state index in [1.165, 1.54) is 29.7 Å². The number of nitro groups is 1. The first kappa shape index (κ1) is 19.5. The van der Waals surface area contributed by atoms with E-state index in [2.05, 4.69) is 16.9 Å². The number of non-ortho nitro benzene ring substituents is 1. The summed E-state index contributed by atoms with van der Waals surface area (Å²) in [4.78, 5) is 10.4. The van der Waals surface area contributed by atoms with Crippen molar-refractivity contribution in [1.82, 2.24) is 4.72 Å². The number of benzene rings is 2. The predicted molar refractivity (Wildman–Crippen MR) is 104 cm³/mol. The van der Waals surface area contributed by atoms with Crippen molar-refractivity contribution in [2.75, 3.05) is 0 Å². The van der Waals surface area contributed by atoms with Crippen LogP contribution in [-0.2, 0) is 22.9 Å². The molecule has 0 bridgehead atoms. The van der Waals surface area contributed by atoms with Crippen LogP contribution in [0.15, 0.2) is 41.3 Å². The molecular formula is C20H24N2O4S. The number of fused-ring (bicyclic) bond motifs is 1. The molecule has 0 amide bonds. The van der Waals surface area contributed by atoms with E-state index in [4.69, 9.17) is 0 Å². The number of aryl methyl sites for hydroxylation is 3. The number of nitrogens with zero attached hydrogens (tertiary/aromatic N) is 1. The summed E-state index contributed by atoms with van der Waals surface area (Å²) < 4.78 is 28.6. The first-order valence-electron chi connectivity index (χ1n) is 9.21. The van der Waals surface area contributed by atoms with Crippen molar-refractivity contribution < 1.29 is 13.3 Å². The Morgan fingerprint density at radius 1 is 1.11 bits per heavy atom. The maximum atomic E-state index is 12.9. The van der Waals surface area contributed by atoms with Gasteiger partial charge in [0.15, 0.2) is 0 Å². The lowest BCUT2D eigenvalue weighted by Gasteiger charge is -2.22. The van der Waals surface area contributed by atoms with Gasteiger partial charge in [-0.2, -0.15) is 0 Å². The van der Waals surface area contributed by atoms with Crippen LogP contribution in [0.3, 0.4) is 0 Å². The highest BCUT2D eigenvalue weighted by Crippen LogP contribution is 2.28. The molecule has 0 unspecified atom stereocenters. The zero-order chi connectivity index (χ0) is 19.6. The molecule has 0 spiro atoms. The molecule has 0 aliphatic heterocycles. The highest BCUT2D eigenvalue weighted by Gasteiger charge is 2.25. The van der Waals surface area contributed by atoms with Crippen molar-refractivity contribution in [2.45, 2.75) is 56.9 Å². The van der Waals surface area contributed by atoms with Crippen LogP contribution in [-0.4, -0.2) is 13.3 Å². The third-order valence-electron chi connectivity index (χ3n) is 5.15. The lowest BCUT2D eigenvalue weighted by atomic mass is 9.89. The molecule has 0 aromatic heterocycles. The lowest BCUT2D eigenvalue weighted by Crippen LogP contribution is -2.29. The van der Waals surface area contributed by atoms with Crippen LogP contribution < -0.4 is 4.72 Å². The molecule has 0 saturated heterocycles. The molecular weight excluding hydrogens is 364 g/mol. The van der Waals surface area contributed by atoms with Gasteiger partial charge >= 0.3 is 0 Å². The molecule has 2 aromatic rings. The summed E-state index contributed by atoms with van der Waals surface area (Å²) in [6, 6.07) is 9.71. The van der Waals surface area contributed by atoms with Crippen molar-refractivity contribution in [2.24, 2.45) is 0 Å². The average molecular weight is 388 g/mol. The minimum absolute atomic E-state index is 0.0480. The van der Waals surface area contributed by atoms with E-state index in [0.29, 0.717) is 12.0 Å². The molecule has 7 heteroatoms. The molecule has 1 aliphatic rings. The largest absolute Gasteiger partial charge is 0.270 e. The minimum atomic E-state index is -3.88. The number of sulfonamides is 1. The van der Waals surface area contributed by atoms with Gasteiger partial charge in [-0.15, -0.1) is 0 Å². The van der Waals surface area contributed by atoms with E-state index < -0.39 is 14.9 Å². The van der Waals surface area contributed by atoms with Crippen LogP contribution in [0.4, 0.5) is 5.69 Å². The monoisotopic (exact) mass is 388 g/mol. The highest BCUT2D eigenvalue weighted by atomic mass is 32.2. The quantitative estimate of drug-likeness (QED) is 0.593. The molecule has 0 heterocycles. The zero-order valence-corrected chi connectivity index (χ0v) is 16.4. The number of nitro benzene ring substituents is 1. The van der Waals surface area contributed by atoms with Gasteiger partial charge in [-0.25, -0.2) is 13.1 Å². The van der Waals surface area contributed by atoms with Crippen molar-refractivity contribution in [3.05, 3.63) is 68.8 Å². The summed E-state index contributed by atoms with van der Waals surface area (Å²) in [5.41, 5.74) is 3.82. The van der Waals surface area contributed by atoms with Crippen molar-refractivity contribution in [1.29, 1.82) is 0 Å². The van der Waals surface area contributed by atoms with E-state index in [1.807, 2.05) is 13.0 Å². The molecule has 2 aromatic carbocycles. The Balaban J connectivity index is 1.92. The molecule has 1 atom stereocenters. The zero-order valence-electron chi connectivity index (χ0n) is 15.6. The van der Waals surface area contributed by atoms with Crippen LogP contribution in [0.2, 0.25) is 0 Å². The minimum Gasteiger partial charge on any atom is -0.258 e. The van der Waals surface area contributed by atoms with Crippen molar-refractivity contribution >= 4 is 15.7 Å². The van der Waals surface area contributed by atoms with Gasteiger partial charge in [0.25, 0.3) is 5.69 Å². The second kappa shape index (κ2) is 7.78. The fourth-order valence-electron chi connectivity index (χ4n) is 3.60. The fourth-order valence-corrected chi connectivity index (χ4v) is 5.17. The topological polar surface area (TPSA) is 89.3 Å². The molecule has 0 saturated carbocycles. The van der Waals surface area contributed by atoms with Crippen LogP contribution in [0.1, 0.15) is 54.5 Å². The van der Waals surface area contributed by atoms with Gasteiger partial charge in [0.2, 0.25) is 10.0 Å². The van der Waals surface area contributed by atoms with E-state index >= 15 is 0 Å². The maximum absolute atomic E-state index is 12.9. The summed E-state index contributed by atoms with van der Waals surface area (Å²) in [5.74, 6) is 0. The normalized spacial score (nSPS) is 15.2. The first-order chi connectivity index (χ1) is 12.8. The molecule has 6 nitrogen and oxygen atoms in total. The maximum Gasteiger partial charge on any atom is 0.270 e. The van der Waals surface area contributed by atoms with Gasteiger partial charge in [0, 0.05) is 18.2 Å². The van der Waals surface area contributed by atoms with Gasteiger partial charge in [0.05, 0.1) is 9.82 Å². The number of nitrogens with one attached hydrogen (secondary N) is 1. The van der Waals surface area contributed by atoms with Crippen LogP contribution in [0.5, 0.6) is 0 Å². The van der Waals surface area contributed by atoms with Crippen LogP contribution in [0, 0.1) is 17.0 Å². The summed E-state index contributed by atoms with van der Waals surface area (Å²) in [5, 5.41) is 11.0. The molecule has 1 aliphatic carbocycles. The lowest BCUT2D eigenvalue weighted by molar-refractivity contribution is -0.385. The van der Waals surface area contributed by atoms with E-state index in [-0.39, 0.29) is 16.6 Å². The molecule has 0 fully saturated rings. The van der Waals surface area contributed by atoms with E-state index in [9.17, 15) is 18.5 Å². The Labute approximate surface area is 159 Å². The second-order valence-corrected chi connectivity index (χ2v) is 8.71. The Morgan fingerprint density at radius 2 is 1.81 bits per heavy atom. The summed E-state index contributed by atoms with van der Waals surface area (Å²) in [6.07, 6.45) is 5.04. The van der Waals surface area contributed by atoms with Crippen LogP contribution >= 0.6 is 0 Å². The summed E-state index contributed by atoms with van der Waals surface area (Å²) in [7, 11) is -3.88. The Hall–Kier alpha value is -2.25. The predicted octanol–water partition coefficient (Wildman–Crippen LogP) is 4.21. The average Bonchev–Trinajstić information content (AvgIpc) is 2.65. The molecule has 1 N–H and O–H groups in total. The third kappa shape index (κ3) is 4.20. The fraction of sp³-hybridized carbons (Fsp3) is 0.400. The molecule has 0 radical (unpaired) electrons. The number of hydrogen-bond donors (Lipinski definition) is 1. The van der Waals surface area contributed by atoms with E-state index in [0.717, 1.165) is 30.9 Å². The SMILES string of the molecule is CC[C@H](NS(=O)(=O)c1cc([N+](=O)[O-])ccc1C)c1ccc2c(c1)CCCC2. The molecule has 144 valence electrons. The third-order valence-corrected chi connectivity index (χ3v) is 6.77. The Bertz CT molecular complexity index is 970. The van der Waals surface area contributed by atoms with Crippen LogP contribution in [0.25, 0.3) is 0 Å². The number of rotatable bonds is 6. The summed E-state index contributed by atoms with van der Waals surface area (Å²) >= 11 is 0. The van der Waals surface area contributed by atoms with Gasteiger partial charge in [-0.3, -0.25) is 10.1 Å². The molecule has 27 heavy (non-hydrogen) atoms. The smallest absolute Gasteiger partial charge is 0.258 e. The van der Waals surface area contributed by atoms with Gasteiger partial charge < -0.3 is 0 Å². The second-order valence-electron chi connectivity index (χ2n) is 7.02.